The fourth-order valence-electron chi connectivity index (χ4n) is 1.73. The molecule has 0 bridgehead atoms. The molecule has 16 heavy (non-hydrogen) atoms. The van der Waals surface area contributed by atoms with Gasteiger partial charge in [0.15, 0.2) is 0 Å². The lowest BCUT2D eigenvalue weighted by Crippen LogP contribution is -1.87. The zero-order valence-electron chi connectivity index (χ0n) is 8.81. The molecular weight excluding hydrogens is 202 g/mol. The molecule has 0 saturated heterocycles. The second-order valence-corrected chi connectivity index (χ2v) is 3.74. The number of aromatic nitrogens is 4. The molecule has 3 N–H and O–H groups in total. The Hall–Kier alpha value is -2.30. The highest BCUT2D eigenvalue weighted by molar-refractivity contribution is 5.89. The molecule has 3 heterocycles. The van der Waals surface area contributed by atoms with Gasteiger partial charge in [-0.25, -0.2) is 4.98 Å². The molecule has 0 radical (unpaired) electrons. The standard InChI is InChI=1S/C11H11N5/c1-16-6-7(4-14-16)9-2-3-10-11(15-9)8(12)5-13-10/h2-6,13H,12H2,1H3. The highest BCUT2D eigenvalue weighted by atomic mass is 15.2. The monoisotopic (exact) mass is 213 g/mol. The van der Waals surface area contributed by atoms with Gasteiger partial charge in [0, 0.05) is 25.0 Å². The Morgan fingerprint density at radius 2 is 2.25 bits per heavy atom. The zero-order valence-corrected chi connectivity index (χ0v) is 8.81. The zero-order chi connectivity index (χ0) is 11.1. The summed E-state index contributed by atoms with van der Waals surface area (Å²) in [6.45, 7) is 0. The first kappa shape index (κ1) is 8.96. The number of fused-ring (bicyclic) bond motifs is 1. The molecule has 0 aliphatic rings. The molecular formula is C11H11N5. The number of nitrogens with one attached hydrogen (secondary N) is 1. The molecule has 0 amide bonds. The van der Waals surface area contributed by atoms with E-state index in [-0.39, 0.29) is 0 Å². The lowest BCUT2D eigenvalue weighted by atomic mass is 10.2. The summed E-state index contributed by atoms with van der Waals surface area (Å²) in [6.07, 6.45) is 5.47. The maximum absolute atomic E-state index is 5.81. The predicted octanol–water partition coefficient (Wildman–Crippen LogP) is 1.55. The predicted molar refractivity (Wildman–Crippen MR) is 62.7 cm³/mol. The van der Waals surface area contributed by atoms with E-state index in [1.165, 1.54) is 0 Å². The molecule has 3 aromatic rings. The molecule has 0 unspecified atom stereocenters. The van der Waals surface area contributed by atoms with Gasteiger partial charge < -0.3 is 10.7 Å². The third kappa shape index (κ3) is 1.25. The van der Waals surface area contributed by atoms with Crippen molar-refractivity contribution >= 4 is 16.7 Å². The Morgan fingerprint density at radius 1 is 1.38 bits per heavy atom. The van der Waals surface area contributed by atoms with E-state index in [2.05, 4.69) is 15.1 Å². The fraction of sp³-hybridized carbons (Fsp3) is 0.0909. The maximum atomic E-state index is 5.81. The number of nitrogen functional groups attached to an aromatic ring is 1. The first-order chi connectivity index (χ1) is 7.74. The molecule has 80 valence electrons. The third-order valence-corrected chi connectivity index (χ3v) is 2.55. The minimum atomic E-state index is 0.667. The minimum absolute atomic E-state index is 0.667. The number of nitrogens with zero attached hydrogens (tertiary/aromatic N) is 3. The van der Waals surface area contributed by atoms with Gasteiger partial charge in [-0.1, -0.05) is 0 Å². The summed E-state index contributed by atoms with van der Waals surface area (Å²) in [7, 11) is 1.88. The van der Waals surface area contributed by atoms with E-state index in [4.69, 9.17) is 5.73 Å². The van der Waals surface area contributed by atoms with Gasteiger partial charge in [-0.2, -0.15) is 5.10 Å². The third-order valence-electron chi connectivity index (χ3n) is 2.55. The quantitative estimate of drug-likeness (QED) is 0.644. The van der Waals surface area contributed by atoms with Crippen LogP contribution < -0.4 is 5.73 Å². The van der Waals surface area contributed by atoms with Gasteiger partial charge in [0.25, 0.3) is 0 Å². The normalized spacial score (nSPS) is 11.1. The van der Waals surface area contributed by atoms with Crippen molar-refractivity contribution in [3.05, 3.63) is 30.7 Å². The maximum Gasteiger partial charge on any atom is 0.112 e. The van der Waals surface area contributed by atoms with Crippen LogP contribution in [0.3, 0.4) is 0 Å². The van der Waals surface area contributed by atoms with Crippen molar-refractivity contribution in [1.29, 1.82) is 0 Å². The van der Waals surface area contributed by atoms with Gasteiger partial charge >= 0.3 is 0 Å². The highest BCUT2D eigenvalue weighted by Crippen LogP contribution is 2.23. The van der Waals surface area contributed by atoms with Crippen molar-refractivity contribution in [2.45, 2.75) is 0 Å². The molecule has 0 atom stereocenters. The van der Waals surface area contributed by atoms with E-state index in [1.807, 2.05) is 25.4 Å². The van der Waals surface area contributed by atoms with Crippen LogP contribution in [-0.2, 0) is 7.05 Å². The molecule has 0 aromatic carbocycles. The molecule has 0 aliphatic carbocycles. The van der Waals surface area contributed by atoms with E-state index in [1.54, 1.807) is 17.1 Å². The highest BCUT2D eigenvalue weighted by Gasteiger charge is 2.06. The number of hydrogen-bond donors (Lipinski definition) is 2. The van der Waals surface area contributed by atoms with E-state index < -0.39 is 0 Å². The smallest absolute Gasteiger partial charge is 0.112 e. The SMILES string of the molecule is Cn1cc(-c2ccc3[nH]cc(N)c3n2)cn1. The summed E-state index contributed by atoms with van der Waals surface area (Å²) in [5, 5.41) is 4.12. The van der Waals surface area contributed by atoms with E-state index in [0.717, 1.165) is 22.3 Å². The number of aromatic amines is 1. The van der Waals surface area contributed by atoms with Crippen LogP contribution in [-0.4, -0.2) is 19.7 Å². The van der Waals surface area contributed by atoms with E-state index >= 15 is 0 Å². The molecule has 0 fully saturated rings. The van der Waals surface area contributed by atoms with Crippen molar-refractivity contribution in [3.63, 3.8) is 0 Å². The molecule has 0 aliphatic heterocycles. The first-order valence-electron chi connectivity index (χ1n) is 4.96. The van der Waals surface area contributed by atoms with Gasteiger partial charge in [0.05, 0.1) is 23.1 Å². The summed E-state index contributed by atoms with van der Waals surface area (Å²) >= 11 is 0. The Labute approximate surface area is 91.9 Å². The topological polar surface area (TPSA) is 72.5 Å². The second kappa shape index (κ2) is 3.10. The number of H-pyrrole nitrogens is 1. The van der Waals surface area contributed by atoms with E-state index in [9.17, 15) is 0 Å². The van der Waals surface area contributed by atoms with Gasteiger partial charge in [-0.3, -0.25) is 4.68 Å². The van der Waals surface area contributed by atoms with Crippen molar-refractivity contribution in [3.8, 4) is 11.3 Å². The van der Waals surface area contributed by atoms with Crippen LogP contribution in [0.25, 0.3) is 22.3 Å². The Kier molecular flexibility index (Phi) is 1.73. The summed E-state index contributed by atoms with van der Waals surface area (Å²) in [5.74, 6) is 0. The summed E-state index contributed by atoms with van der Waals surface area (Å²) in [6, 6.07) is 3.93. The summed E-state index contributed by atoms with van der Waals surface area (Å²) in [4.78, 5) is 7.57. The summed E-state index contributed by atoms with van der Waals surface area (Å²) < 4.78 is 1.75. The van der Waals surface area contributed by atoms with Gasteiger partial charge in [0.2, 0.25) is 0 Å². The van der Waals surface area contributed by atoms with Gasteiger partial charge in [-0.05, 0) is 12.1 Å². The molecule has 0 spiro atoms. The minimum Gasteiger partial charge on any atom is -0.396 e. The van der Waals surface area contributed by atoms with Crippen molar-refractivity contribution in [2.24, 2.45) is 7.05 Å². The van der Waals surface area contributed by atoms with Crippen LogP contribution >= 0.6 is 0 Å². The van der Waals surface area contributed by atoms with Gasteiger partial charge in [0.1, 0.15) is 5.52 Å². The molecule has 3 rings (SSSR count). The van der Waals surface area contributed by atoms with E-state index in [0.29, 0.717) is 5.69 Å². The van der Waals surface area contributed by atoms with Crippen LogP contribution in [0.2, 0.25) is 0 Å². The number of anilines is 1. The lowest BCUT2D eigenvalue weighted by molar-refractivity contribution is 0.768. The Balaban J connectivity index is 2.21. The van der Waals surface area contributed by atoms with Crippen LogP contribution in [0.15, 0.2) is 30.7 Å². The number of aryl methyl sites for hydroxylation is 1. The van der Waals surface area contributed by atoms with Crippen LogP contribution in [0.5, 0.6) is 0 Å². The molecule has 3 aromatic heterocycles. The first-order valence-corrected chi connectivity index (χ1v) is 4.96. The average molecular weight is 213 g/mol. The Bertz CT molecular complexity index is 649. The number of rotatable bonds is 1. The summed E-state index contributed by atoms with van der Waals surface area (Å²) in [5.41, 5.74) is 10.1. The van der Waals surface area contributed by atoms with Crippen molar-refractivity contribution < 1.29 is 0 Å². The van der Waals surface area contributed by atoms with Crippen LogP contribution in [0.1, 0.15) is 0 Å². The molecule has 5 heteroatoms. The van der Waals surface area contributed by atoms with Crippen LogP contribution in [0.4, 0.5) is 5.69 Å². The van der Waals surface area contributed by atoms with Crippen LogP contribution in [0, 0.1) is 0 Å². The lowest BCUT2D eigenvalue weighted by Gasteiger charge is -1.97. The number of nitrogens with two attached hydrogens (primary N) is 1. The molecule has 0 saturated carbocycles. The average Bonchev–Trinajstić information content (AvgIpc) is 2.86. The number of pyridine rings is 1. The van der Waals surface area contributed by atoms with Crippen molar-refractivity contribution in [1.82, 2.24) is 19.7 Å². The van der Waals surface area contributed by atoms with Crippen molar-refractivity contribution in [2.75, 3.05) is 5.73 Å². The Morgan fingerprint density at radius 3 is 3.00 bits per heavy atom. The molecule has 5 nitrogen and oxygen atoms in total. The largest absolute Gasteiger partial charge is 0.396 e. The fourth-order valence-corrected chi connectivity index (χ4v) is 1.73. The van der Waals surface area contributed by atoms with Gasteiger partial charge in [-0.15, -0.1) is 0 Å². The second-order valence-electron chi connectivity index (χ2n) is 3.74. The number of hydrogen-bond acceptors (Lipinski definition) is 3.